The van der Waals surface area contributed by atoms with Gasteiger partial charge in [-0.1, -0.05) is 64.1 Å². The van der Waals surface area contributed by atoms with Gasteiger partial charge < -0.3 is 25.1 Å². The molecule has 1 aliphatic carbocycles. The number of rotatable bonds is 4. The van der Waals surface area contributed by atoms with E-state index in [9.17, 15) is 14.4 Å². The van der Waals surface area contributed by atoms with Gasteiger partial charge >= 0.3 is 0 Å². The van der Waals surface area contributed by atoms with Crippen LogP contribution < -0.4 is 5.32 Å². The number of amides is 3. The van der Waals surface area contributed by atoms with Crippen LogP contribution in [0.2, 0.25) is 0 Å². The molecule has 3 aliphatic rings. The van der Waals surface area contributed by atoms with Crippen molar-refractivity contribution in [1.29, 1.82) is 0 Å². The molecule has 38 heavy (non-hydrogen) atoms. The van der Waals surface area contributed by atoms with Crippen molar-refractivity contribution in [3.63, 3.8) is 0 Å². The molecular weight excluding hydrogens is 478 g/mol. The predicted octanol–water partition coefficient (Wildman–Crippen LogP) is 4.37. The van der Waals surface area contributed by atoms with Gasteiger partial charge in [-0.3, -0.25) is 14.4 Å². The van der Waals surface area contributed by atoms with E-state index in [4.69, 9.17) is 0 Å². The van der Waals surface area contributed by atoms with Crippen LogP contribution in [0.1, 0.15) is 48.7 Å². The van der Waals surface area contributed by atoms with Crippen LogP contribution in [0.25, 0.3) is 21.8 Å². The smallest absolute Gasteiger partial charge is 0.272 e. The van der Waals surface area contributed by atoms with Crippen molar-refractivity contribution in [2.45, 2.75) is 39.4 Å². The summed E-state index contributed by atoms with van der Waals surface area (Å²) in [5, 5.41) is 4.67. The summed E-state index contributed by atoms with van der Waals surface area (Å²) in [6.07, 6.45) is -0.233. The fourth-order valence-electron chi connectivity index (χ4n) is 6.22. The van der Waals surface area contributed by atoms with Crippen LogP contribution in [0.5, 0.6) is 0 Å². The van der Waals surface area contributed by atoms with E-state index in [2.05, 4.69) is 43.0 Å². The Morgan fingerprint density at radius 2 is 1.50 bits per heavy atom. The summed E-state index contributed by atoms with van der Waals surface area (Å²) in [5.41, 5.74) is 2.49. The van der Waals surface area contributed by atoms with Crippen molar-refractivity contribution in [1.82, 2.24) is 25.1 Å². The topological polar surface area (TPSA) is 101 Å². The Hall–Kier alpha value is -4.07. The highest BCUT2D eigenvalue weighted by Crippen LogP contribution is 2.73. The largest absolute Gasteiger partial charge is 0.351 e. The number of likely N-dealkylation sites (tertiary alicyclic amines) is 1. The van der Waals surface area contributed by atoms with Gasteiger partial charge in [-0.05, 0) is 36.1 Å². The Morgan fingerprint density at radius 3 is 2.11 bits per heavy atom. The summed E-state index contributed by atoms with van der Waals surface area (Å²) < 4.78 is 0. The summed E-state index contributed by atoms with van der Waals surface area (Å²) in [6.45, 7) is 9.20. The van der Waals surface area contributed by atoms with Crippen molar-refractivity contribution in [2.75, 3.05) is 13.1 Å². The second-order valence-electron chi connectivity index (χ2n) is 11.3. The summed E-state index contributed by atoms with van der Waals surface area (Å²) in [7, 11) is 0. The Morgan fingerprint density at radius 1 is 0.947 bits per heavy atom. The van der Waals surface area contributed by atoms with Crippen molar-refractivity contribution >= 4 is 39.5 Å². The maximum Gasteiger partial charge on any atom is 0.272 e. The van der Waals surface area contributed by atoms with Crippen molar-refractivity contribution in [2.24, 2.45) is 17.8 Å². The van der Waals surface area contributed by atoms with Crippen LogP contribution in [0.3, 0.4) is 0 Å². The molecule has 0 radical (unpaired) electrons. The van der Waals surface area contributed by atoms with E-state index in [0.717, 1.165) is 27.7 Å². The number of hydrogen-bond donors (Lipinski definition) is 3. The lowest BCUT2D eigenvalue weighted by Crippen LogP contribution is -2.40. The monoisotopic (exact) mass is 511 g/mol. The first kappa shape index (κ1) is 24.3. The quantitative estimate of drug-likeness (QED) is 0.355. The van der Waals surface area contributed by atoms with Gasteiger partial charge in [0.25, 0.3) is 11.8 Å². The summed E-state index contributed by atoms with van der Waals surface area (Å²) in [4.78, 5) is 48.9. The number of para-hydroxylation sites is 2. The van der Waals surface area contributed by atoms with Crippen LogP contribution in [0.15, 0.2) is 60.7 Å². The van der Waals surface area contributed by atoms with Crippen LogP contribution in [0.4, 0.5) is 0 Å². The molecule has 7 rings (SSSR count). The minimum Gasteiger partial charge on any atom is -0.351 e. The lowest BCUT2D eigenvalue weighted by atomic mass is 10.2. The molecule has 4 atom stereocenters. The number of nitrogens with one attached hydrogen (secondary N) is 3. The first-order valence-electron chi connectivity index (χ1n) is 13.3. The minimum atomic E-state index is -0.319. The minimum absolute atomic E-state index is 0.0858. The number of fused-ring (bicyclic) bond motifs is 2. The van der Waals surface area contributed by atoms with Gasteiger partial charge in [0.05, 0.1) is 12.1 Å². The molecule has 1 spiro atoms. The SMILES string of the molecule is CC(C)C.C[C@H]1C2CN(C(=O)c3cc4ccccc4[nH]3)C3N(C(=O)CNC(=O)c4cc5ccccc5[nH]4)C231. The number of piperidine rings is 1. The summed E-state index contributed by atoms with van der Waals surface area (Å²) in [6, 6.07) is 19.1. The van der Waals surface area contributed by atoms with Crippen LogP contribution in [-0.2, 0) is 4.79 Å². The van der Waals surface area contributed by atoms with Gasteiger partial charge in [-0.2, -0.15) is 0 Å². The van der Waals surface area contributed by atoms with Crippen LogP contribution in [0, 0.1) is 17.8 Å². The lowest BCUT2D eigenvalue weighted by molar-refractivity contribution is -0.126. The number of benzene rings is 2. The zero-order valence-electron chi connectivity index (χ0n) is 22.1. The van der Waals surface area contributed by atoms with E-state index in [-0.39, 0.29) is 36.0 Å². The van der Waals surface area contributed by atoms with Gasteiger partial charge in [0, 0.05) is 34.3 Å². The fraction of sp³-hybridized carbons (Fsp3) is 0.367. The number of nitrogens with zero attached hydrogens (tertiary/aromatic N) is 2. The molecule has 2 saturated heterocycles. The summed E-state index contributed by atoms with van der Waals surface area (Å²) >= 11 is 0. The van der Waals surface area contributed by atoms with Gasteiger partial charge in [0.15, 0.2) is 0 Å². The molecule has 2 aromatic heterocycles. The Bertz CT molecular complexity index is 1500. The molecule has 3 N–H and O–H groups in total. The molecule has 0 bridgehead atoms. The second kappa shape index (κ2) is 8.75. The summed E-state index contributed by atoms with van der Waals surface area (Å²) in [5.74, 6) is 0.924. The molecule has 2 aliphatic heterocycles. The Balaban J connectivity index is 0.000000620. The van der Waals surface area contributed by atoms with Gasteiger partial charge in [0.2, 0.25) is 5.91 Å². The van der Waals surface area contributed by atoms with E-state index >= 15 is 0 Å². The van der Waals surface area contributed by atoms with E-state index in [1.54, 1.807) is 11.0 Å². The molecule has 4 aromatic rings. The molecule has 8 heteroatoms. The van der Waals surface area contributed by atoms with Gasteiger partial charge in [0.1, 0.15) is 17.6 Å². The molecule has 3 amide bonds. The molecule has 1 saturated carbocycles. The van der Waals surface area contributed by atoms with E-state index in [1.165, 1.54) is 0 Å². The third kappa shape index (κ3) is 3.69. The highest BCUT2D eigenvalue weighted by atomic mass is 16.2. The van der Waals surface area contributed by atoms with Gasteiger partial charge in [-0.15, -0.1) is 0 Å². The number of H-pyrrole nitrogens is 2. The Labute approximate surface area is 221 Å². The molecule has 2 aromatic carbocycles. The van der Waals surface area contributed by atoms with Gasteiger partial charge in [-0.25, -0.2) is 0 Å². The highest BCUT2D eigenvalue weighted by Gasteiger charge is 2.89. The standard InChI is InChI=1S/C26H23N5O3.C4H10/c1-14-17-13-30(24(34)21-11-16-7-3-5-9-19(16)29-21)25-26(14,17)31(25)22(32)12-27-23(33)20-10-15-6-2-4-8-18(15)28-20;1-4(2)3/h2-11,14,17,25,28-29H,12-13H2,1H3,(H,27,33);4H,1-3H3/t14-,17?,25?,26?,31?;/m0./s1. The number of carbonyl (C=O) groups excluding carboxylic acids is 3. The first-order valence-corrected chi connectivity index (χ1v) is 13.3. The molecule has 196 valence electrons. The third-order valence-corrected chi connectivity index (χ3v) is 7.98. The van der Waals surface area contributed by atoms with E-state index in [0.29, 0.717) is 29.8 Å². The van der Waals surface area contributed by atoms with Crippen LogP contribution in [-0.4, -0.2) is 62.3 Å². The maximum atomic E-state index is 13.3. The third-order valence-electron chi connectivity index (χ3n) is 7.98. The normalized spacial score (nSPS) is 24.6. The maximum absolute atomic E-state index is 13.3. The van der Waals surface area contributed by atoms with E-state index < -0.39 is 0 Å². The van der Waals surface area contributed by atoms with Crippen LogP contribution >= 0.6 is 0 Å². The van der Waals surface area contributed by atoms with Crippen molar-refractivity contribution in [3.05, 3.63) is 72.1 Å². The number of aromatic amines is 2. The highest BCUT2D eigenvalue weighted by molar-refractivity contribution is 6.01. The first-order chi connectivity index (χ1) is 18.2. The molecular formula is C30H33N5O3. The Kier molecular flexibility index (Phi) is 5.59. The molecule has 3 unspecified atom stereocenters. The average molecular weight is 512 g/mol. The van der Waals surface area contributed by atoms with Crippen molar-refractivity contribution < 1.29 is 14.4 Å². The molecule has 3 fully saturated rings. The van der Waals surface area contributed by atoms with Crippen molar-refractivity contribution in [3.8, 4) is 0 Å². The lowest BCUT2D eigenvalue weighted by Gasteiger charge is -2.21. The number of aromatic nitrogens is 2. The number of carbonyl (C=O) groups is 3. The zero-order chi connectivity index (χ0) is 26.8. The number of hydrogen-bond acceptors (Lipinski definition) is 3. The second-order valence-corrected chi connectivity index (χ2v) is 11.3. The van der Waals surface area contributed by atoms with E-state index in [1.807, 2.05) is 59.5 Å². The average Bonchev–Trinajstić information content (AvgIpc) is 3.40. The predicted molar refractivity (Wildman–Crippen MR) is 146 cm³/mol. The molecule has 4 heterocycles. The fourth-order valence-corrected chi connectivity index (χ4v) is 6.22. The molecule has 8 nitrogen and oxygen atoms in total. The zero-order valence-corrected chi connectivity index (χ0v) is 22.1.